The molecular weight excluding hydrogens is 319 g/mol. The van der Waals surface area contributed by atoms with Crippen molar-refractivity contribution in [3.63, 3.8) is 0 Å². The molecule has 1 aromatic carbocycles. The van der Waals surface area contributed by atoms with Gasteiger partial charge in [0.25, 0.3) is 0 Å². The number of rotatable bonds is 5. The number of nitrogens with zero attached hydrogens (tertiary/aromatic N) is 1. The van der Waals surface area contributed by atoms with E-state index < -0.39 is 27.4 Å². The largest absolute Gasteiger partial charge is 0.478 e. The number of aromatic nitrogens is 1. The maximum absolute atomic E-state index is 13.6. The zero-order valence-electron chi connectivity index (χ0n) is 10.8. The number of halogens is 1. The Morgan fingerprint density at radius 1 is 1.48 bits per heavy atom. The Morgan fingerprint density at radius 2 is 2.19 bits per heavy atom. The minimum Gasteiger partial charge on any atom is -0.478 e. The molecule has 0 aliphatic heterocycles. The lowest BCUT2D eigenvalue weighted by molar-refractivity contribution is 0.0691. The molecule has 1 heterocycles. The van der Waals surface area contributed by atoms with Crippen LogP contribution in [0.2, 0.25) is 0 Å². The topological polar surface area (TPSA) is 96.4 Å². The van der Waals surface area contributed by atoms with Gasteiger partial charge in [-0.1, -0.05) is 0 Å². The molecule has 0 fully saturated rings. The van der Waals surface area contributed by atoms with Crippen LogP contribution in [0, 0.1) is 12.7 Å². The maximum atomic E-state index is 13.6. The quantitative estimate of drug-likeness (QED) is 0.871. The normalized spacial score (nSPS) is 11.5. The average molecular weight is 330 g/mol. The van der Waals surface area contributed by atoms with Crippen LogP contribution in [0.3, 0.4) is 0 Å². The molecule has 0 spiro atoms. The number of carboxylic acid groups (broad SMARTS) is 1. The molecule has 2 rings (SSSR count). The second-order valence-corrected chi connectivity index (χ2v) is 6.94. The Balaban J connectivity index is 2.33. The number of hydrogen-bond donors (Lipinski definition) is 2. The first-order valence-electron chi connectivity index (χ1n) is 5.72. The number of carboxylic acids is 1. The maximum Gasteiger partial charge on any atom is 0.338 e. The smallest absolute Gasteiger partial charge is 0.338 e. The number of sulfonamides is 1. The third kappa shape index (κ3) is 3.43. The van der Waals surface area contributed by atoms with E-state index in [1.807, 2.05) is 0 Å². The summed E-state index contributed by atoms with van der Waals surface area (Å²) < 4.78 is 40.2. The summed E-state index contributed by atoms with van der Waals surface area (Å²) >= 11 is 1.28. The molecular formula is C12H11FN2O4S2. The van der Waals surface area contributed by atoms with Crippen LogP contribution >= 0.6 is 11.3 Å². The first-order valence-corrected chi connectivity index (χ1v) is 8.08. The van der Waals surface area contributed by atoms with E-state index in [4.69, 9.17) is 5.11 Å². The zero-order chi connectivity index (χ0) is 15.6. The Bertz CT molecular complexity index is 773. The predicted molar refractivity (Wildman–Crippen MR) is 74.2 cm³/mol. The van der Waals surface area contributed by atoms with Gasteiger partial charge in [-0.05, 0) is 24.6 Å². The number of benzene rings is 1. The van der Waals surface area contributed by atoms with Gasteiger partial charge in [-0.2, -0.15) is 0 Å². The SMILES string of the molecule is Cc1cc(S(=O)(=O)NCc2cncs2)cc(C(=O)O)c1F. The van der Waals surface area contributed by atoms with Crippen molar-refractivity contribution in [2.24, 2.45) is 0 Å². The summed E-state index contributed by atoms with van der Waals surface area (Å²) in [6.45, 7) is 1.34. The van der Waals surface area contributed by atoms with Crippen LogP contribution in [0.15, 0.2) is 28.7 Å². The molecule has 9 heteroatoms. The van der Waals surface area contributed by atoms with Crippen molar-refractivity contribution in [3.8, 4) is 0 Å². The van der Waals surface area contributed by atoms with Gasteiger partial charge in [-0.3, -0.25) is 4.98 Å². The minimum absolute atomic E-state index is 0.0336. The number of aryl methyl sites for hydroxylation is 1. The van der Waals surface area contributed by atoms with Crippen LogP contribution < -0.4 is 4.72 Å². The monoisotopic (exact) mass is 330 g/mol. The molecule has 21 heavy (non-hydrogen) atoms. The highest BCUT2D eigenvalue weighted by molar-refractivity contribution is 7.89. The number of hydrogen-bond acceptors (Lipinski definition) is 5. The first-order chi connectivity index (χ1) is 9.81. The van der Waals surface area contributed by atoms with Crippen LogP contribution in [0.25, 0.3) is 0 Å². The van der Waals surface area contributed by atoms with Crippen molar-refractivity contribution in [1.29, 1.82) is 0 Å². The van der Waals surface area contributed by atoms with Crippen LogP contribution in [-0.2, 0) is 16.6 Å². The van der Waals surface area contributed by atoms with Gasteiger partial charge in [0.2, 0.25) is 10.0 Å². The molecule has 0 unspecified atom stereocenters. The van der Waals surface area contributed by atoms with E-state index >= 15 is 0 Å². The molecule has 1 aromatic heterocycles. The summed E-state index contributed by atoms with van der Waals surface area (Å²) in [6.07, 6.45) is 1.52. The Morgan fingerprint density at radius 3 is 2.76 bits per heavy atom. The van der Waals surface area contributed by atoms with E-state index in [1.54, 1.807) is 5.51 Å². The Labute approximate surface area is 124 Å². The number of aromatic carboxylic acids is 1. The number of carbonyl (C=O) groups is 1. The molecule has 0 saturated carbocycles. The highest BCUT2D eigenvalue weighted by Crippen LogP contribution is 2.20. The van der Waals surface area contributed by atoms with E-state index in [0.717, 1.165) is 12.1 Å². The molecule has 0 atom stereocenters. The van der Waals surface area contributed by atoms with Crippen LogP contribution in [0.5, 0.6) is 0 Å². The third-order valence-corrected chi connectivity index (χ3v) is 4.85. The van der Waals surface area contributed by atoms with E-state index in [0.29, 0.717) is 4.88 Å². The standard InChI is InChI=1S/C12H11FN2O4S2/c1-7-2-9(3-10(11(7)13)12(16)17)21(18,19)15-5-8-4-14-6-20-8/h2-4,6,15H,5H2,1H3,(H,16,17). The van der Waals surface area contributed by atoms with Gasteiger partial charge in [0.1, 0.15) is 5.82 Å². The van der Waals surface area contributed by atoms with Crippen LogP contribution in [0.4, 0.5) is 4.39 Å². The van der Waals surface area contributed by atoms with Gasteiger partial charge in [-0.25, -0.2) is 22.3 Å². The van der Waals surface area contributed by atoms with Gasteiger partial charge in [0.05, 0.1) is 16.0 Å². The van der Waals surface area contributed by atoms with E-state index in [9.17, 15) is 17.6 Å². The number of nitrogens with one attached hydrogen (secondary N) is 1. The minimum atomic E-state index is -3.93. The van der Waals surface area contributed by atoms with Crippen molar-refractivity contribution < 1.29 is 22.7 Å². The third-order valence-electron chi connectivity index (χ3n) is 2.69. The van der Waals surface area contributed by atoms with Crippen molar-refractivity contribution in [2.75, 3.05) is 0 Å². The van der Waals surface area contributed by atoms with Gasteiger partial charge in [0.15, 0.2) is 0 Å². The first kappa shape index (κ1) is 15.5. The second kappa shape index (κ2) is 5.88. The molecule has 0 radical (unpaired) electrons. The molecule has 0 aliphatic carbocycles. The lowest BCUT2D eigenvalue weighted by atomic mass is 10.1. The van der Waals surface area contributed by atoms with Crippen molar-refractivity contribution in [2.45, 2.75) is 18.4 Å². The summed E-state index contributed by atoms with van der Waals surface area (Å²) in [5, 5.41) is 8.90. The summed E-state index contributed by atoms with van der Waals surface area (Å²) in [5.41, 5.74) is 0.843. The summed E-state index contributed by atoms with van der Waals surface area (Å²) in [5.74, 6) is -2.46. The predicted octanol–water partition coefficient (Wildman–Crippen LogP) is 1.77. The molecule has 0 bridgehead atoms. The van der Waals surface area contributed by atoms with E-state index in [-0.39, 0.29) is 17.0 Å². The highest BCUT2D eigenvalue weighted by atomic mass is 32.2. The Hall–Kier alpha value is -1.84. The second-order valence-electron chi connectivity index (χ2n) is 4.20. The summed E-state index contributed by atoms with van der Waals surface area (Å²) in [4.78, 5) is 15.2. The molecule has 0 saturated heterocycles. The molecule has 112 valence electrons. The van der Waals surface area contributed by atoms with Gasteiger partial charge >= 0.3 is 5.97 Å². The molecule has 2 aromatic rings. The van der Waals surface area contributed by atoms with Crippen molar-refractivity contribution in [1.82, 2.24) is 9.71 Å². The van der Waals surface area contributed by atoms with Gasteiger partial charge in [-0.15, -0.1) is 11.3 Å². The fraction of sp³-hybridized carbons (Fsp3) is 0.167. The van der Waals surface area contributed by atoms with Crippen molar-refractivity contribution >= 4 is 27.3 Å². The highest BCUT2D eigenvalue weighted by Gasteiger charge is 2.21. The lowest BCUT2D eigenvalue weighted by Gasteiger charge is -2.09. The van der Waals surface area contributed by atoms with Crippen LogP contribution in [-0.4, -0.2) is 24.5 Å². The zero-order valence-corrected chi connectivity index (χ0v) is 12.5. The fourth-order valence-corrected chi connectivity index (χ4v) is 3.37. The molecule has 0 amide bonds. The summed E-state index contributed by atoms with van der Waals surface area (Å²) in [7, 11) is -3.93. The fourth-order valence-electron chi connectivity index (χ4n) is 1.63. The van der Waals surface area contributed by atoms with Gasteiger partial charge in [0, 0.05) is 17.6 Å². The average Bonchev–Trinajstić information content (AvgIpc) is 2.92. The van der Waals surface area contributed by atoms with Gasteiger partial charge < -0.3 is 5.11 Å². The molecule has 6 nitrogen and oxygen atoms in total. The van der Waals surface area contributed by atoms with E-state index in [2.05, 4.69) is 9.71 Å². The number of thiazole rings is 1. The van der Waals surface area contributed by atoms with Crippen molar-refractivity contribution in [3.05, 3.63) is 45.7 Å². The molecule has 0 aliphatic rings. The van der Waals surface area contributed by atoms with E-state index in [1.165, 1.54) is 24.5 Å². The summed E-state index contributed by atoms with van der Waals surface area (Å²) in [6, 6.07) is 1.90. The molecule has 2 N–H and O–H groups in total. The van der Waals surface area contributed by atoms with Crippen LogP contribution in [0.1, 0.15) is 20.8 Å². The Kier molecular flexibility index (Phi) is 4.35. The lowest BCUT2D eigenvalue weighted by Crippen LogP contribution is -2.23.